The van der Waals surface area contributed by atoms with Gasteiger partial charge in [-0.1, -0.05) is 12.1 Å². The van der Waals surface area contributed by atoms with Crippen molar-refractivity contribution in [3.05, 3.63) is 53.1 Å². The van der Waals surface area contributed by atoms with Crippen LogP contribution in [0.15, 0.2) is 36.4 Å². The van der Waals surface area contributed by atoms with Gasteiger partial charge < -0.3 is 19.5 Å². The Morgan fingerprint density at radius 2 is 1.88 bits per heavy atom. The number of hydrogen-bond donors (Lipinski definition) is 1. The van der Waals surface area contributed by atoms with Crippen LogP contribution in [0.5, 0.6) is 17.2 Å². The zero-order chi connectivity index (χ0) is 17.5. The summed E-state index contributed by atoms with van der Waals surface area (Å²) >= 11 is 0. The number of benzene rings is 2. The molecule has 0 aliphatic heterocycles. The summed E-state index contributed by atoms with van der Waals surface area (Å²) in [6.07, 6.45) is 0. The molecule has 128 valence electrons. The summed E-state index contributed by atoms with van der Waals surface area (Å²) in [6.45, 7) is 4.24. The molecule has 2 aromatic carbocycles. The molecule has 5 heteroatoms. The van der Waals surface area contributed by atoms with Gasteiger partial charge in [0.05, 0.1) is 14.2 Å². The maximum Gasteiger partial charge on any atom is 0.258 e. The number of hydrogen-bond acceptors (Lipinski definition) is 4. The molecule has 0 spiro atoms. The van der Waals surface area contributed by atoms with Gasteiger partial charge in [0.15, 0.2) is 6.61 Å². The van der Waals surface area contributed by atoms with Gasteiger partial charge in [0.25, 0.3) is 5.91 Å². The van der Waals surface area contributed by atoms with Crippen molar-refractivity contribution in [1.29, 1.82) is 0 Å². The lowest BCUT2D eigenvalue weighted by Gasteiger charge is -2.15. The predicted octanol–water partition coefficient (Wildman–Crippen LogP) is 3.02. The van der Waals surface area contributed by atoms with Gasteiger partial charge in [-0.2, -0.15) is 0 Å². The summed E-state index contributed by atoms with van der Waals surface area (Å²) in [4.78, 5) is 12.0. The summed E-state index contributed by atoms with van der Waals surface area (Å²) in [6, 6.07) is 11.3. The molecule has 0 saturated heterocycles. The first-order valence-corrected chi connectivity index (χ1v) is 7.71. The summed E-state index contributed by atoms with van der Waals surface area (Å²) < 4.78 is 16.2. The van der Waals surface area contributed by atoms with E-state index in [2.05, 4.69) is 5.32 Å². The predicted molar refractivity (Wildman–Crippen MR) is 92.8 cm³/mol. The Morgan fingerprint density at radius 1 is 1.08 bits per heavy atom. The van der Waals surface area contributed by atoms with Crippen molar-refractivity contribution >= 4 is 5.91 Å². The number of methoxy groups -OCH3 is 2. The van der Waals surface area contributed by atoms with Crippen LogP contribution in [-0.4, -0.2) is 26.7 Å². The van der Waals surface area contributed by atoms with E-state index in [0.29, 0.717) is 18.0 Å². The first kappa shape index (κ1) is 17.7. The fourth-order valence-electron chi connectivity index (χ4n) is 2.47. The quantitative estimate of drug-likeness (QED) is 0.848. The molecule has 0 fully saturated rings. The molecule has 5 nitrogen and oxygen atoms in total. The Labute approximate surface area is 142 Å². The molecule has 24 heavy (non-hydrogen) atoms. The molecular weight excluding hydrogens is 306 g/mol. The lowest BCUT2D eigenvalue weighted by Crippen LogP contribution is -2.28. The van der Waals surface area contributed by atoms with E-state index in [-0.39, 0.29) is 12.5 Å². The molecule has 0 heterocycles. The van der Waals surface area contributed by atoms with Gasteiger partial charge >= 0.3 is 0 Å². The molecule has 0 aromatic heterocycles. The van der Waals surface area contributed by atoms with Crippen LogP contribution in [0.4, 0.5) is 0 Å². The molecule has 0 unspecified atom stereocenters. The standard InChI is InChI=1S/C19H23NO4/c1-13-6-5-7-16(10-13)24-12-18(21)20-11-15-8-9-17(22-3)14(2)19(15)23-4/h5-10H,11-12H2,1-4H3,(H,20,21). The van der Waals surface area contributed by atoms with E-state index in [1.54, 1.807) is 14.2 Å². The second kappa shape index (κ2) is 8.24. The number of ether oxygens (including phenoxy) is 3. The molecule has 0 atom stereocenters. The van der Waals surface area contributed by atoms with Gasteiger partial charge in [-0.3, -0.25) is 4.79 Å². The van der Waals surface area contributed by atoms with Gasteiger partial charge in [-0.15, -0.1) is 0 Å². The number of carbonyl (C=O) groups excluding carboxylic acids is 1. The number of carbonyl (C=O) groups is 1. The van der Waals surface area contributed by atoms with E-state index >= 15 is 0 Å². The number of nitrogens with one attached hydrogen (secondary N) is 1. The summed E-state index contributed by atoms with van der Waals surface area (Å²) in [7, 11) is 3.22. The largest absolute Gasteiger partial charge is 0.496 e. The fraction of sp³-hybridized carbons (Fsp3) is 0.316. The Bertz CT molecular complexity index is 713. The van der Waals surface area contributed by atoms with Crippen molar-refractivity contribution in [3.63, 3.8) is 0 Å². The monoisotopic (exact) mass is 329 g/mol. The van der Waals surface area contributed by atoms with Crippen molar-refractivity contribution in [1.82, 2.24) is 5.32 Å². The Morgan fingerprint density at radius 3 is 2.54 bits per heavy atom. The molecular formula is C19H23NO4. The average molecular weight is 329 g/mol. The minimum atomic E-state index is -0.188. The van der Waals surface area contributed by atoms with E-state index in [9.17, 15) is 4.79 Å². The highest BCUT2D eigenvalue weighted by Gasteiger charge is 2.12. The van der Waals surface area contributed by atoms with Crippen molar-refractivity contribution in [3.8, 4) is 17.2 Å². The Hall–Kier alpha value is -2.69. The third-order valence-corrected chi connectivity index (χ3v) is 3.70. The van der Waals surface area contributed by atoms with Crippen LogP contribution in [0.1, 0.15) is 16.7 Å². The van der Waals surface area contributed by atoms with Crippen LogP contribution in [0.2, 0.25) is 0 Å². The first-order chi connectivity index (χ1) is 11.5. The molecule has 1 amide bonds. The van der Waals surface area contributed by atoms with Crippen LogP contribution >= 0.6 is 0 Å². The van der Waals surface area contributed by atoms with Crippen LogP contribution in [0, 0.1) is 13.8 Å². The van der Waals surface area contributed by atoms with Crippen molar-refractivity contribution in [2.24, 2.45) is 0 Å². The van der Waals surface area contributed by atoms with Gasteiger partial charge in [0.1, 0.15) is 17.2 Å². The molecule has 0 aliphatic carbocycles. The van der Waals surface area contributed by atoms with Gasteiger partial charge in [0, 0.05) is 17.7 Å². The minimum Gasteiger partial charge on any atom is -0.496 e. The van der Waals surface area contributed by atoms with Gasteiger partial charge in [-0.05, 0) is 43.7 Å². The molecule has 1 N–H and O–H groups in total. The van der Waals surface area contributed by atoms with E-state index in [0.717, 1.165) is 22.4 Å². The minimum absolute atomic E-state index is 0.0269. The van der Waals surface area contributed by atoms with E-state index in [1.165, 1.54) is 0 Å². The highest BCUT2D eigenvalue weighted by Crippen LogP contribution is 2.31. The normalized spacial score (nSPS) is 10.2. The van der Waals surface area contributed by atoms with Gasteiger partial charge in [0.2, 0.25) is 0 Å². The van der Waals surface area contributed by atoms with Crippen molar-refractivity contribution in [2.45, 2.75) is 20.4 Å². The van der Waals surface area contributed by atoms with Crippen LogP contribution < -0.4 is 19.5 Å². The smallest absolute Gasteiger partial charge is 0.258 e. The lowest BCUT2D eigenvalue weighted by atomic mass is 10.1. The highest BCUT2D eigenvalue weighted by atomic mass is 16.5. The van der Waals surface area contributed by atoms with Crippen molar-refractivity contribution in [2.75, 3.05) is 20.8 Å². The second-order valence-corrected chi connectivity index (χ2v) is 5.47. The fourth-order valence-corrected chi connectivity index (χ4v) is 2.47. The van der Waals surface area contributed by atoms with E-state index < -0.39 is 0 Å². The topological polar surface area (TPSA) is 56.8 Å². The maximum absolute atomic E-state index is 12.0. The molecule has 2 rings (SSSR count). The van der Waals surface area contributed by atoms with Crippen LogP contribution in [0.3, 0.4) is 0 Å². The van der Waals surface area contributed by atoms with Gasteiger partial charge in [-0.25, -0.2) is 0 Å². The Kier molecular flexibility index (Phi) is 6.07. The zero-order valence-corrected chi connectivity index (χ0v) is 14.5. The lowest BCUT2D eigenvalue weighted by molar-refractivity contribution is -0.123. The summed E-state index contributed by atoms with van der Waals surface area (Å²) in [5.41, 5.74) is 2.88. The summed E-state index contributed by atoms with van der Waals surface area (Å²) in [5.74, 6) is 1.97. The zero-order valence-electron chi connectivity index (χ0n) is 14.5. The highest BCUT2D eigenvalue weighted by molar-refractivity contribution is 5.77. The number of aryl methyl sites for hydroxylation is 1. The SMILES string of the molecule is COc1ccc(CNC(=O)COc2cccc(C)c2)c(OC)c1C. The Balaban J connectivity index is 1.93. The third-order valence-electron chi connectivity index (χ3n) is 3.70. The first-order valence-electron chi connectivity index (χ1n) is 7.71. The average Bonchev–Trinajstić information content (AvgIpc) is 2.58. The number of amides is 1. The van der Waals surface area contributed by atoms with E-state index in [4.69, 9.17) is 14.2 Å². The third kappa shape index (κ3) is 4.41. The molecule has 0 bridgehead atoms. The van der Waals surface area contributed by atoms with Crippen molar-refractivity contribution < 1.29 is 19.0 Å². The molecule has 0 radical (unpaired) electrons. The van der Waals surface area contributed by atoms with Crippen LogP contribution in [-0.2, 0) is 11.3 Å². The molecule has 0 saturated carbocycles. The second-order valence-electron chi connectivity index (χ2n) is 5.47. The maximum atomic E-state index is 12.0. The van der Waals surface area contributed by atoms with E-state index in [1.807, 2.05) is 50.2 Å². The number of rotatable bonds is 7. The molecule has 2 aromatic rings. The summed E-state index contributed by atoms with van der Waals surface area (Å²) in [5, 5.41) is 2.84. The molecule has 0 aliphatic rings. The van der Waals surface area contributed by atoms with Crippen LogP contribution in [0.25, 0.3) is 0 Å².